The predicted octanol–water partition coefficient (Wildman–Crippen LogP) is -4.15. The summed E-state index contributed by atoms with van der Waals surface area (Å²) < 4.78 is 0. The number of carboxylic acid groups (broad SMARTS) is 1. The summed E-state index contributed by atoms with van der Waals surface area (Å²) in [6.45, 7) is 0.935. The summed E-state index contributed by atoms with van der Waals surface area (Å²) in [7, 11) is 0. The molecule has 9 nitrogen and oxygen atoms in total. The van der Waals surface area contributed by atoms with Gasteiger partial charge in [0.05, 0.1) is 18.6 Å². The minimum absolute atomic E-state index is 0.0925. The van der Waals surface area contributed by atoms with Gasteiger partial charge in [0.2, 0.25) is 0 Å². The van der Waals surface area contributed by atoms with Crippen LogP contribution in [0.25, 0.3) is 0 Å². The van der Waals surface area contributed by atoms with Crippen LogP contribution >= 0.6 is 0 Å². The third kappa shape index (κ3) is 6.36. The minimum atomic E-state index is -2.16. The first-order chi connectivity index (χ1) is 9.76. The number of hydrogen-bond donors (Lipinski definition) is 6. The maximum Gasteiger partial charge on any atom is 0.252 e. The fourth-order valence-corrected chi connectivity index (χ4v) is 1.59. The Balaban J connectivity index is 4.64. The number of unbranched alkanes of at least 4 members (excludes halogenated alkanes) is 1. The van der Waals surface area contributed by atoms with Gasteiger partial charge in [0.1, 0.15) is 18.3 Å². The second-order valence-corrected chi connectivity index (χ2v) is 4.70. The van der Waals surface area contributed by atoms with Crippen LogP contribution in [0.5, 0.6) is 0 Å². The smallest absolute Gasteiger partial charge is 0.252 e. The van der Waals surface area contributed by atoms with E-state index in [0.717, 1.165) is 0 Å². The van der Waals surface area contributed by atoms with Crippen LogP contribution in [-0.2, 0) is 9.59 Å². The van der Waals surface area contributed by atoms with Gasteiger partial charge in [0.15, 0.2) is 6.10 Å². The molecule has 0 spiro atoms. The predicted molar refractivity (Wildman–Crippen MR) is 67.6 cm³/mol. The van der Waals surface area contributed by atoms with E-state index < -0.39 is 48.9 Å². The third-order valence-corrected chi connectivity index (χ3v) is 2.97. The molecule has 0 aromatic carbocycles. The molecule has 0 fully saturated rings. The first-order valence-electron chi connectivity index (χ1n) is 6.60. The molecule has 1 amide bonds. The quantitative estimate of drug-likeness (QED) is 0.236. The highest BCUT2D eigenvalue weighted by Gasteiger charge is 2.34. The fraction of sp³-hybridized carbons (Fsp3) is 0.833. The number of hydrogen-bond acceptors (Lipinski definition) is 8. The number of carbonyl (C=O) groups is 2. The first-order valence-corrected chi connectivity index (χ1v) is 6.60. The molecule has 21 heavy (non-hydrogen) atoms. The summed E-state index contributed by atoms with van der Waals surface area (Å²) in [6.07, 6.45) is -6.68. The molecule has 0 aliphatic carbocycles. The van der Waals surface area contributed by atoms with Crippen molar-refractivity contribution < 1.29 is 40.2 Å². The zero-order chi connectivity index (χ0) is 16.6. The van der Waals surface area contributed by atoms with Crippen LogP contribution in [0.15, 0.2) is 0 Å². The van der Waals surface area contributed by atoms with E-state index in [1.165, 1.54) is 0 Å². The molecule has 6 N–H and O–H groups in total. The number of rotatable bonds is 10. The minimum Gasteiger partial charge on any atom is -0.548 e. The molecule has 5 atom stereocenters. The molecule has 0 saturated carbocycles. The van der Waals surface area contributed by atoms with Crippen LogP contribution in [0.3, 0.4) is 0 Å². The fourth-order valence-electron chi connectivity index (χ4n) is 1.59. The van der Waals surface area contributed by atoms with E-state index in [1.54, 1.807) is 0 Å². The highest BCUT2D eigenvalue weighted by molar-refractivity contribution is 5.86. The lowest BCUT2D eigenvalue weighted by atomic mass is 10.0. The van der Waals surface area contributed by atoms with Gasteiger partial charge in [0, 0.05) is 0 Å². The topological polar surface area (TPSA) is 170 Å². The third-order valence-electron chi connectivity index (χ3n) is 2.97. The second kappa shape index (κ2) is 9.64. The zero-order valence-electron chi connectivity index (χ0n) is 11.7. The first kappa shape index (κ1) is 19.7. The summed E-state index contributed by atoms with van der Waals surface area (Å²) in [5.74, 6) is -2.76. The van der Waals surface area contributed by atoms with Gasteiger partial charge in [-0.05, 0) is 6.42 Å². The van der Waals surface area contributed by atoms with E-state index in [1.807, 2.05) is 12.2 Å². The Bertz CT molecular complexity index is 337. The molecular weight excluding hydrogens is 286 g/mol. The molecule has 0 aliphatic rings. The molecule has 9 heteroatoms. The van der Waals surface area contributed by atoms with Gasteiger partial charge in [-0.1, -0.05) is 19.8 Å². The lowest BCUT2D eigenvalue weighted by Crippen LogP contribution is -2.56. The van der Waals surface area contributed by atoms with Crippen LogP contribution in [0, 0.1) is 0 Å². The van der Waals surface area contributed by atoms with Gasteiger partial charge < -0.3 is 40.8 Å². The number of carbonyl (C=O) groups excluding carboxylic acids is 2. The largest absolute Gasteiger partial charge is 0.548 e. The number of carboxylic acids is 1. The Morgan fingerprint density at radius 3 is 2.14 bits per heavy atom. The van der Waals surface area contributed by atoms with E-state index >= 15 is 0 Å². The van der Waals surface area contributed by atoms with Crippen molar-refractivity contribution in [3.8, 4) is 0 Å². The highest BCUT2D eigenvalue weighted by Crippen LogP contribution is 2.07. The number of aliphatic hydroxyl groups excluding tert-OH is 5. The Labute approximate surface area is 121 Å². The molecule has 0 aromatic rings. The highest BCUT2D eigenvalue weighted by atomic mass is 16.4. The van der Waals surface area contributed by atoms with Crippen molar-refractivity contribution in [2.75, 3.05) is 6.61 Å². The molecule has 0 bridgehead atoms. The van der Waals surface area contributed by atoms with Crippen LogP contribution < -0.4 is 10.4 Å². The van der Waals surface area contributed by atoms with E-state index in [9.17, 15) is 30.0 Å². The Hall–Kier alpha value is -1.26. The molecule has 0 heterocycles. The van der Waals surface area contributed by atoms with Gasteiger partial charge in [-0.25, -0.2) is 0 Å². The van der Waals surface area contributed by atoms with Gasteiger partial charge >= 0.3 is 0 Å². The second-order valence-electron chi connectivity index (χ2n) is 4.70. The SMILES string of the molecule is CCCC[C@H](NC(=O)[C@H](O)[C@H](O)[C@H](O)[C@H](O)CO)C(=O)[O-]. The van der Waals surface area contributed by atoms with Crippen molar-refractivity contribution in [2.45, 2.75) is 56.6 Å². The number of aliphatic hydroxyl groups is 5. The Morgan fingerprint density at radius 1 is 1.14 bits per heavy atom. The Morgan fingerprint density at radius 2 is 1.71 bits per heavy atom. The molecule has 0 rings (SSSR count). The summed E-state index contributed by atoms with van der Waals surface area (Å²) in [4.78, 5) is 22.4. The van der Waals surface area contributed by atoms with Crippen molar-refractivity contribution in [3.05, 3.63) is 0 Å². The number of amides is 1. The Kier molecular flexibility index (Phi) is 9.06. The van der Waals surface area contributed by atoms with E-state index in [0.29, 0.717) is 12.8 Å². The van der Waals surface area contributed by atoms with E-state index in [-0.39, 0.29) is 6.42 Å². The lowest BCUT2D eigenvalue weighted by Gasteiger charge is -2.27. The van der Waals surface area contributed by atoms with Crippen molar-refractivity contribution in [2.24, 2.45) is 0 Å². The maximum absolute atomic E-state index is 11.6. The lowest BCUT2D eigenvalue weighted by molar-refractivity contribution is -0.308. The van der Waals surface area contributed by atoms with E-state index in [2.05, 4.69) is 0 Å². The van der Waals surface area contributed by atoms with Crippen LogP contribution in [-0.4, -0.2) is 74.5 Å². The van der Waals surface area contributed by atoms with Gasteiger partial charge in [0.25, 0.3) is 5.91 Å². The molecule has 0 radical (unpaired) electrons. The average molecular weight is 308 g/mol. The van der Waals surface area contributed by atoms with Crippen LogP contribution in [0.4, 0.5) is 0 Å². The number of aliphatic carboxylic acids is 1. The zero-order valence-corrected chi connectivity index (χ0v) is 11.7. The molecule has 0 aromatic heterocycles. The molecule has 124 valence electrons. The molecule has 0 saturated heterocycles. The van der Waals surface area contributed by atoms with Crippen molar-refractivity contribution in [1.82, 2.24) is 5.32 Å². The summed E-state index contributed by atoms with van der Waals surface area (Å²) >= 11 is 0. The maximum atomic E-state index is 11.6. The standard InChI is InChI=1S/C12H23NO8/c1-2-3-4-6(12(20)21)13-11(19)10(18)9(17)8(16)7(15)5-14/h6-10,14-18H,2-5H2,1H3,(H,13,19)(H,20,21)/p-1/t6-,7+,8+,9+,10+/m0/s1. The molecular formula is C12H22NO8-. The average Bonchev–Trinajstić information content (AvgIpc) is 2.47. The monoisotopic (exact) mass is 308 g/mol. The van der Waals surface area contributed by atoms with Crippen LogP contribution in [0.1, 0.15) is 26.2 Å². The van der Waals surface area contributed by atoms with Crippen molar-refractivity contribution in [1.29, 1.82) is 0 Å². The summed E-state index contributed by atoms with van der Waals surface area (Å²) in [5, 5.41) is 58.9. The molecule has 0 aliphatic heterocycles. The number of nitrogens with one attached hydrogen (secondary N) is 1. The normalized spacial score (nSPS) is 18.4. The van der Waals surface area contributed by atoms with Crippen molar-refractivity contribution in [3.63, 3.8) is 0 Å². The summed E-state index contributed by atoms with van der Waals surface area (Å²) in [5.41, 5.74) is 0. The van der Waals surface area contributed by atoms with Crippen LogP contribution in [0.2, 0.25) is 0 Å². The van der Waals surface area contributed by atoms with E-state index in [4.69, 9.17) is 10.2 Å². The van der Waals surface area contributed by atoms with Gasteiger partial charge in [-0.3, -0.25) is 4.79 Å². The van der Waals surface area contributed by atoms with Crippen molar-refractivity contribution >= 4 is 11.9 Å². The van der Waals surface area contributed by atoms with Gasteiger partial charge in [-0.2, -0.15) is 0 Å². The van der Waals surface area contributed by atoms with Gasteiger partial charge in [-0.15, -0.1) is 0 Å². The summed E-state index contributed by atoms with van der Waals surface area (Å²) in [6, 6.07) is -1.33. The molecule has 0 unspecified atom stereocenters.